The van der Waals surface area contributed by atoms with Crippen molar-refractivity contribution < 1.29 is 0 Å². The highest BCUT2D eigenvalue weighted by molar-refractivity contribution is 6.21. The van der Waals surface area contributed by atoms with Gasteiger partial charge in [-0.25, -0.2) is 0 Å². The molecule has 8 aromatic carbocycles. The Bertz CT molecular complexity index is 3540. The fourth-order valence-corrected chi connectivity index (χ4v) is 12.8. The molecule has 8 aromatic rings. The topological polar surface area (TPSA) is 0 Å². The van der Waals surface area contributed by atoms with E-state index in [1.165, 1.54) is 115 Å². The van der Waals surface area contributed by atoms with E-state index in [9.17, 15) is 0 Å². The predicted octanol–water partition coefficient (Wildman–Crippen LogP) is 14.8. The molecule has 2 atom stereocenters. The first-order chi connectivity index (χ1) is 31.3. The van der Waals surface area contributed by atoms with Crippen molar-refractivity contribution in [2.75, 3.05) is 0 Å². The molecule has 0 radical (unpaired) electrons. The van der Waals surface area contributed by atoms with E-state index >= 15 is 0 Å². The second-order valence-corrected chi connectivity index (χ2v) is 19.8. The van der Waals surface area contributed by atoms with E-state index in [4.69, 9.17) is 0 Å². The Hall–Kier alpha value is -7.02. The number of rotatable bonds is 4. The number of hydrogen-bond donors (Lipinski definition) is 0. The molecule has 2 unspecified atom stereocenters. The SMILES string of the molecule is CC1(C)C2=C(CCC(C3=c4ccccc4=C(c4ccc5c(c4)C(C)(C)c4cc(-c6c7ccccc7c(-c7ccccc7)c7ccccc67)ccc4-5)C4C=CC=CC34)=C2)c2ccccc21. The highest BCUT2D eigenvalue weighted by atomic mass is 14.4. The minimum atomic E-state index is -0.190. The van der Waals surface area contributed by atoms with Crippen molar-refractivity contribution in [3.8, 4) is 33.4 Å². The van der Waals surface area contributed by atoms with Gasteiger partial charge in [0, 0.05) is 22.7 Å². The predicted molar refractivity (Wildman–Crippen MR) is 270 cm³/mol. The Labute approximate surface area is 376 Å². The maximum absolute atomic E-state index is 2.60. The second-order valence-electron chi connectivity index (χ2n) is 19.8. The molecule has 0 heterocycles. The molecule has 5 aliphatic rings. The van der Waals surface area contributed by atoms with Gasteiger partial charge in [0.25, 0.3) is 0 Å². The van der Waals surface area contributed by atoms with E-state index in [0.29, 0.717) is 0 Å². The van der Waals surface area contributed by atoms with Gasteiger partial charge in [-0.1, -0.05) is 210 Å². The molecule has 0 nitrogen and oxygen atoms in total. The van der Waals surface area contributed by atoms with Gasteiger partial charge in [-0.05, 0) is 146 Å². The first-order valence-corrected chi connectivity index (χ1v) is 23.3. The van der Waals surface area contributed by atoms with Crippen LogP contribution in [-0.2, 0) is 10.8 Å². The number of benzene rings is 8. The number of allylic oxidation sites excluding steroid dienone is 8. The summed E-state index contributed by atoms with van der Waals surface area (Å²) in [5.74, 6) is 0.520. The van der Waals surface area contributed by atoms with Crippen molar-refractivity contribution in [3.63, 3.8) is 0 Å². The van der Waals surface area contributed by atoms with Gasteiger partial charge in [0.2, 0.25) is 0 Å². The van der Waals surface area contributed by atoms with Gasteiger partial charge >= 0.3 is 0 Å². The Kier molecular flexibility index (Phi) is 8.06. The summed E-state index contributed by atoms with van der Waals surface area (Å²) in [6.07, 6.45) is 14.3. The summed E-state index contributed by atoms with van der Waals surface area (Å²) in [5.41, 5.74) is 22.3. The van der Waals surface area contributed by atoms with Crippen molar-refractivity contribution in [3.05, 3.63) is 244 Å². The van der Waals surface area contributed by atoms with Crippen molar-refractivity contribution in [1.29, 1.82) is 0 Å². The molecule has 0 bridgehead atoms. The summed E-state index contributed by atoms with van der Waals surface area (Å²) in [4.78, 5) is 0. The van der Waals surface area contributed by atoms with Crippen LogP contribution in [-0.4, -0.2) is 0 Å². The van der Waals surface area contributed by atoms with E-state index in [1.807, 2.05) is 0 Å². The Balaban J connectivity index is 0.961. The lowest BCUT2D eigenvalue weighted by molar-refractivity contribution is 0.646. The average Bonchev–Trinajstić information content (AvgIpc) is 3.70. The Morgan fingerprint density at radius 2 is 0.922 bits per heavy atom. The molecule has 5 aliphatic carbocycles. The normalized spacial score (nSPS) is 19.5. The molecule has 0 heteroatoms. The molecule has 0 saturated heterocycles. The van der Waals surface area contributed by atoms with Gasteiger partial charge in [0.15, 0.2) is 0 Å². The third-order valence-electron chi connectivity index (χ3n) is 15.8. The van der Waals surface area contributed by atoms with Crippen LogP contribution in [0.1, 0.15) is 68.4 Å². The van der Waals surface area contributed by atoms with Crippen molar-refractivity contribution in [2.45, 2.75) is 51.4 Å². The minimum absolute atomic E-state index is 0.00450. The molecule has 0 aliphatic heterocycles. The molecule has 64 heavy (non-hydrogen) atoms. The molecule has 0 spiro atoms. The van der Waals surface area contributed by atoms with Crippen LogP contribution in [0.5, 0.6) is 0 Å². The summed E-state index contributed by atoms with van der Waals surface area (Å²) in [5, 5.41) is 7.94. The minimum Gasteiger partial charge on any atom is -0.0761 e. The van der Waals surface area contributed by atoms with E-state index in [0.717, 1.165) is 12.8 Å². The first kappa shape index (κ1) is 37.5. The van der Waals surface area contributed by atoms with E-state index in [-0.39, 0.29) is 22.7 Å². The van der Waals surface area contributed by atoms with Crippen LogP contribution in [0, 0.1) is 11.8 Å². The van der Waals surface area contributed by atoms with Crippen molar-refractivity contribution in [1.82, 2.24) is 0 Å². The van der Waals surface area contributed by atoms with Crippen LogP contribution >= 0.6 is 0 Å². The lowest BCUT2D eigenvalue weighted by Gasteiger charge is -2.36. The molecular weight excluding hydrogens is 769 g/mol. The van der Waals surface area contributed by atoms with Crippen LogP contribution in [0.25, 0.3) is 71.6 Å². The fraction of sp³-hybridized carbons (Fsp3) is 0.156. The molecule has 306 valence electrons. The molecular formula is C64H50. The van der Waals surface area contributed by atoms with Gasteiger partial charge in [-0.2, -0.15) is 0 Å². The quantitative estimate of drug-likeness (QED) is 0.155. The zero-order valence-corrected chi connectivity index (χ0v) is 37.0. The van der Waals surface area contributed by atoms with Gasteiger partial charge in [-0.3, -0.25) is 0 Å². The summed E-state index contributed by atoms with van der Waals surface area (Å²) in [6, 6.07) is 62.1. The summed E-state index contributed by atoms with van der Waals surface area (Å²) >= 11 is 0. The van der Waals surface area contributed by atoms with Crippen LogP contribution in [0.2, 0.25) is 0 Å². The Morgan fingerprint density at radius 3 is 1.58 bits per heavy atom. The Morgan fingerprint density at radius 1 is 0.406 bits per heavy atom. The number of fused-ring (bicyclic) bond motifs is 9. The third kappa shape index (κ3) is 5.23. The van der Waals surface area contributed by atoms with E-state index in [1.54, 1.807) is 5.57 Å². The van der Waals surface area contributed by atoms with Gasteiger partial charge in [0.05, 0.1) is 0 Å². The lowest BCUT2D eigenvalue weighted by atomic mass is 9.67. The molecule has 0 aromatic heterocycles. The lowest BCUT2D eigenvalue weighted by Crippen LogP contribution is -2.40. The zero-order chi connectivity index (χ0) is 42.9. The molecule has 0 amide bonds. The number of hydrogen-bond acceptors (Lipinski definition) is 0. The van der Waals surface area contributed by atoms with Crippen molar-refractivity contribution in [2.24, 2.45) is 11.8 Å². The highest BCUT2D eigenvalue weighted by Crippen LogP contribution is 2.55. The standard InChI is InChI=1S/C64H50/c1-63(2)55-29-17-16-20-43(55)44-33-30-40(36-56(44)63)61-51-25-12-14-27-53(51)62(54-28-15-13-26-52(54)61)42-32-35-46-45-34-31-41(37-57(45)64(3,4)58(46)38-42)60-49-23-10-8-21-47(49)59(39-18-6-5-7-19-39)48-22-9-11-24-50(48)60/h5-29,31-32,34-38,51,53H,30,33H2,1-4H3. The highest BCUT2D eigenvalue weighted by Gasteiger charge is 2.41. The molecule has 0 saturated carbocycles. The van der Waals surface area contributed by atoms with Crippen LogP contribution in [0.4, 0.5) is 0 Å². The second kappa shape index (κ2) is 13.7. The zero-order valence-electron chi connectivity index (χ0n) is 37.0. The van der Waals surface area contributed by atoms with Crippen LogP contribution < -0.4 is 10.4 Å². The van der Waals surface area contributed by atoms with E-state index in [2.05, 4.69) is 222 Å². The molecule has 0 N–H and O–H groups in total. The molecule has 13 rings (SSSR count). The molecule has 0 fully saturated rings. The maximum Gasteiger partial charge on any atom is 0.0159 e. The summed E-state index contributed by atoms with van der Waals surface area (Å²) in [7, 11) is 0. The fourth-order valence-electron chi connectivity index (χ4n) is 12.8. The van der Waals surface area contributed by atoms with E-state index < -0.39 is 0 Å². The first-order valence-electron chi connectivity index (χ1n) is 23.3. The summed E-state index contributed by atoms with van der Waals surface area (Å²) in [6.45, 7) is 9.73. The maximum atomic E-state index is 2.60. The van der Waals surface area contributed by atoms with Gasteiger partial charge in [-0.15, -0.1) is 0 Å². The van der Waals surface area contributed by atoms with Gasteiger partial charge < -0.3 is 0 Å². The summed E-state index contributed by atoms with van der Waals surface area (Å²) < 4.78 is 0. The monoisotopic (exact) mass is 818 g/mol. The van der Waals surface area contributed by atoms with Gasteiger partial charge in [0.1, 0.15) is 0 Å². The smallest absolute Gasteiger partial charge is 0.0159 e. The van der Waals surface area contributed by atoms with Crippen LogP contribution in [0.15, 0.2) is 205 Å². The van der Waals surface area contributed by atoms with Crippen molar-refractivity contribution >= 4 is 38.3 Å². The third-order valence-corrected chi connectivity index (χ3v) is 15.8. The van der Waals surface area contributed by atoms with Crippen LogP contribution in [0.3, 0.4) is 0 Å². The average molecular weight is 819 g/mol. The largest absolute Gasteiger partial charge is 0.0761 e.